The van der Waals surface area contributed by atoms with E-state index in [-0.39, 0.29) is 6.17 Å². The van der Waals surface area contributed by atoms with Gasteiger partial charge < -0.3 is 9.13 Å². The minimum Gasteiger partial charge on any atom is -0.309 e. The number of aliphatic imine (C=N–C) groups is 2. The first-order valence-electron chi connectivity index (χ1n) is 21.9. The van der Waals surface area contributed by atoms with E-state index in [4.69, 9.17) is 9.98 Å². The van der Waals surface area contributed by atoms with Crippen LogP contribution in [0.1, 0.15) is 22.9 Å². The maximum absolute atomic E-state index is 5.38. The van der Waals surface area contributed by atoms with Crippen molar-refractivity contribution in [2.75, 3.05) is 0 Å². The number of benzene rings is 10. The summed E-state index contributed by atoms with van der Waals surface area (Å²) in [7, 11) is 0. The van der Waals surface area contributed by atoms with Crippen LogP contribution >= 0.6 is 0 Å². The number of amidine groups is 2. The molecule has 3 heterocycles. The maximum Gasteiger partial charge on any atom is 0.235 e. The van der Waals surface area contributed by atoms with Crippen LogP contribution in [-0.4, -0.2) is 20.8 Å². The van der Waals surface area contributed by atoms with Crippen LogP contribution in [0.4, 0.5) is 0 Å². The first kappa shape index (κ1) is 36.3. The van der Waals surface area contributed by atoms with E-state index in [1.54, 1.807) is 0 Å². The fourth-order valence-electron chi connectivity index (χ4n) is 10.0. The Hall–Kier alpha value is -8.38. The van der Waals surface area contributed by atoms with Crippen LogP contribution in [0.5, 0.6) is 0 Å². The van der Waals surface area contributed by atoms with Crippen molar-refractivity contribution in [3.8, 4) is 22.5 Å². The zero-order chi connectivity index (χ0) is 42.1. The van der Waals surface area contributed by atoms with Gasteiger partial charge >= 0.3 is 0 Å². The molecule has 10 aromatic carbocycles. The number of nitrogens with two attached hydrogens (primary N) is 1. The van der Waals surface area contributed by atoms with Gasteiger partial charge in [0.25, 0.3) is 0 Å². The van der Waals surface area contributed by atoms with Crippen molar-refractivity contribution in [3.05, 3.63) is 241 Å². The molecule has 0 saturated heterocycles. The third-order valence-electron chi connectivity index (χ3n) is 13.0. The Morgan fingerprint density at radius 2 is 0.953 bits per heavy atom. The molecule has 13 rings (SSSR count). The summed E-state index contributed by atoms with van der Waals surface area (Å²) in [4.78, 5) is 10.7. The van der Waals surface area contributed by atoms with Gasteiger partial charge in [0.15, 0.2) is 5.84 Å². The smallest absolute Gasteiger partial charge is 0.235 e. The lowest BCUT2D eigenvalue weighted by Crippen LogP contribution is -2.90. The lowest BCUT2D eigenvalue weighted by atomic mass is 10.0. The molecular formula is C59H40N5+. The maximum atomic E-state index is 5.38. The number of rotatable bonds is 6. The summed E-state index contributed by atoms with van der Waals surface area (Å²) < 4.78 is 4.91. The SMILES string of the molecule is c1ccc(C2=NC(c3cccc(-c4ccccc4)c3)[NH2+]C(c3cc(-n4c5cc(-n6c7ccccc7c7ccccc76)ccc5c5cc6ccccc6cc54)c4ccccc4c3)=N2)cc1. The largest absolute Gasteiger partial charge is 0.309 e. The fraction of sp³-hybridized carbons (Fsp3) is 0.0169. The highest BCUT2D eigenvalue weighted by atomic mass is 15.2. The van der Waals surface area contributed by atoms with Crippen LogP contribution < -0.4 is 5.32 Å². The van der Waals surface area contributed by atoms with Gasteiger partial charge in [-0.25, -0.2) is 4.99 Å². The topological polar surface area (TPSA) is 51.2 Å². The van der Waals surface area contributed by atoms with Crippen molar-refractivity contribution < 1.29 is 5.32 Å². The van der Waals surface area contributed by atoms with E-state index in [1.807, 2.05) is 6.07 Å². The number of hydrogen-bond acceptors (Lipinski definition) is 2. The first-order chi connectivity index (χ1) is 31.7. The van der Waals surface area contributed by atoms with Crippen molar-refractivity contribution in [2.45, 2.75) is 6.17 Å². The summed E-state index contributed by atoms with van der Waals surface area (Å²) in [6.07, 6.45) is -0.241. The van der Waals surface area contributed by atoms with Gasteiger partial charge in [0.05, 0.1) is 33.3 Å². The van der Waals surface area contributed by atoms with Crippen molar-refractivity contribution in [1.82, 2.24) is 9.13 Å². The molecule has 0 aliphatic carbocycles. The standard InChI is InChI=1S/C59H39N5/c1-3-16-38(17-4-1)40-23-15-24-44(32-40)58-60-57(39-18-5-2-6-19-39)61-59(62-58)45-33-43-22-9-10-25-47(43)54(36-45)64-55-35-42-21-8-7-20-41(42)34-51(55)50-31-30-46(37-56(50)64)63-52-28-13-11-26-48(52)49-27-12-14-29-53(49)63/h1-37,58H,(H,60,61,62)/p+1. The van der Waals surface area contributed by atoms with Crippen molar-refractivity contribution in [2.24, 2.45) is 9.98 Å². The van der Waals surface area contributed by atoms with E-state index in [2.05, 4.69) is 233 Å². The lowest BCUT2D eigenvalue weighted by Gasteiger charge is -2.21. The normalized spacial score (nSPS) is 14.2. The number of aromatic nitrogens is 2. The van der Waals surface area contributed by atoms with Gasteiger partial charge in [-0.05, 0) is 81.9 Å². The molecular weight excluding hydrogens is 779 g/mol. The Bertz CT molecular complexity index is 3820. The molecule has 5 nitrogen and oxygen atoms in total. The molecule has 64 heavy (non-hydrogen) atoms. The second-order valence-electron chi connectivity index (χ2n) is 16.8. The highest BCUT2D eigenvalue weighted by Gasteiger charge is 2.28. The van der Waals surface area contributed by atoms with Gasteiger partial charge in [0, 0.05) is 43.7 Å². The molecule has 1 atom stereocenters. The van der Waals surface area contributed by atoms with Gasteiger partial charge in [-0.15, -0.1) is 0 Å². The quantitative estimate of drug-likeness (QED) is 0.174. The third kappa shape index (κ3) is 5.90. The van der Waals surface area contributed by atoms with Gasteiger partial charge in [0.1, 0.15) is 0 Å². The van der Waals surface area contributed by atoms with Crippen LogP contribution in [0.25, 0.3) is 87.7 Å². The zero-order valence-corrected chi connectivity index (χ0v) is 34.8. The predicted molar refractivity (Wildman–Crippen MR) is 266 cm³/mol. The molecule has 12 aromatic rings. The highest BCUT2D eigenvalue weighted by molar-refractivity contribution is 6.17. The molecule has 0 amide bonds. The van der Waals surface area contributed by atoms with E-state index < -0.39 is 0 Å². The molecule has 0 fully saturated rings. The summed E-state index contributed by atoms with van der Waals surface area (Å²) in [5.74, 6) is 1.62. The molecule has 0 radical (unpaired) electrons. The van der Waals surface area contributed by atoms with Gasteiger partial charge in [0.2, 0.25) is 12.0 Å². The van der Waals surface area contributed by atoms with E-state index in [9.17, 15) is 0 Å². The van der Waals surface area contributed by atoms with E-state index >= 15 is 0 Å². The molecule has 1 aliphatic rings. The number of nitrogens with zero attached hydrogens (tertiary/aromatic N) is 4. The van der Waals surface area contributed by atoms with E-state index in [1.165, 1.54) is 59.9 Å². The summed E-state index contributed by atoms with van der Waals surface area (Å²) in [6.45, 7) is 0. The minimum absolute atomic E-state index is 0.241. The Kier molecular flexibility index (Phi) is 8.29. The predicted octanol–water partition coefficient (Wildman–Crippen LogP) is 13.3. The van der Waals surface area contributed by atoms with Gasteiger partial charge in [-0.3, -0.25) is 5.32 Å². The van der Waals surface area contributed by atoms with E-state index in [0.29, 0.717) is 0 Å². The molecule has 0 bridgehead atoms. The summed E-state index contributed by atoms with van der Waals surface area (Å²) in [5, 5.41) is 11.9. The summed E-state index contributed by atoms with van der Waals surface area (Å²) in [5.41, 5.74) is 12.4. The molecule has 1 unspecified atom stereocenters. The Morgan fingerprint density at radius 1 is 0.359 bits per heavy atom. The summed E-state index contributed by atoms with van der Waals surface area (Å²) in [6, 6.07) is 81.0. The summed E-state index contributed by atoms with van der Waals surface area (Å²) >= 11 is 0. The molecule has 0 spiro atoms. The van der Waals surface area contributed by atoms with Crippen molar-refractivity contribution in [1.29, 1.82) is 0 Å². The second-order valence-corrected chi connectivity index (χ2v) is 16.8. The fourth-order valence-corrected chi connectivity index (χ4v) is 10.0. The molecule has 1 aliphatic heterocycles. The molecule has 5 heteroatoms. The van der Waals surface area contributed by atoms with Crippen LogP contribution in [-0.2, 0) is 0 Å². The number of hydrogen-bond donors (Lipinski definition) is 1. The Labute approximate surface area is 369 Å². The van der Waals surface area contributed by atoms with Gasteiger partial charge in [-0.2, -0.15) is 4.99 Å². The average Bonchev–Trinajstić information content (AvgIpc) is 3.87. The molecule has 0 saturated carbocycles. The van der Waals surface area contributed by atoms with Crippen LogP contribution in [0.2, 0.25) is 0 Å². The highest BCUT2D eigenvalue weighted by Crippen LogP contribution is 2.40. The number of para-hydroxylation sites is 2. The number of quaternary nitrogens is 1. The van der Waals surface area contributed by atoms with E-state index in [0.717, 1.165) is 56.2 Å². The van der Waals surface area contributed by atoms with Gasteiger partial charge in [-0.1, -0.05) is 170 Å². The monoisotopic (exact) mass is 818 g/mol. The van der Waals surface area contributed by atoms with Crippen molar-refractivity contribution in [3.63, 3.8) is 0 Å². The molecule has 2 aromatic heterocycles. The second kappa shape index (κ2) is 14.6. The minimum atomic E-state index is -0.241. The molecule has 300 valence electrons. The number of fused-ring (bicyclic) bond motifs is 8. The molecule has 2 N–H and O–H groups in total. The van der Waals surface area contributed by atoms with Crippen LogP contribution in [0, 0.1) is 0 Å². The zero-order valence-electron chi connectivity index (χ0n) is 34.8. The lowest BCUT2D eigenvalue weighted by molar-refractivity contribution is -0.586. The first-order valence-corrected chi connectivity index (χ1v) is 21.9. The third-order valence-corrected chi connectivity index (χ3v) is 13.0. The van der Waals surface area contributed by atoms with Crippen LogP contribution in [0.15, 0.2) is 234 Å². The van der Waals surface area contributed by atoms with Crippen molar-refractivity contribution >= 4 is 76.8 Å². The average molecular weight is 819 g/mol. The Balaban J connectivity index is 1.05. The van der Waals surface area contributed by atoms with Crippen LogP contribution in [0.3, 0.4) is 0 Å². The Morgan fingerprint density at radius 3 is 1.70 bits per heavy atom.